The van der Waals surface area contributed by atoms with E-state index in [1.807, 2.05) is 0 Å². The molecule has 0 saturated heterocycles. The number of fused-ring (bicyclic) bond motifs is 2. The molecule has 0 fully saturated rings. The number of allylic oxidation sites excluding steroid dienone is 2. The molecule has 0 heterocycles. The molecule has 0 aromatic heterocycles. The van der Waals surface area contributed by atoms with Crippen molar-refractivity contribution in [2.45, 2.75) is 151 Å². The monoisotopic (exact) mass is 766 g/mol. The number of hydrogen-bond donors (Lipinski definition) is 0. The average Bonchev–Trinajstić information content (AvgIpc) is 3.66. The van der Waals surface area contributed by atoms with Crippen molar-refractivity contribution in [3.05, 3.63) is 129 Å². The topological polar surface area (TPSA) is 0 Å². The first-order valence-corrected chi connectivity index (χ1v) is 26.5. The summed E-state index contributed by atoms with van der Waals surface area (Å²) in [5.74, 6) is 0. The van der Waals surface area contributed by atoms with Gasteiger partial charge in [-0.05, 0) is 0 Å². The van der Waals surface area contributed by atoms with Gasteiger partial charge in [-0.25, -0.2) is 0 Å². The van der Waals surface area contributed by atoms with Crippen molar-refractivity contribution >= 4 is 25.4 Å². The molecule has 0 spiro atoms. The molecule has 0 nitrogen and oxygen atoms in total. The zero-order valence-corrected chi connectivity index (χ0v) is 37.1. The number of hydrogen-bond acceptors (Lipinski definition) is 0. The van der Waals surface area contributed by atoms with Crippen molar-refractivity contribution in [1.29, 1.82) is 0 Å². The molecule has 4 aromatic carbocycles. The van der Waals surface area contributed by atoms with Gasteiger partial charge in [-0.3, -0.25) is 0 Å². The standard InChI is InChI=1S/C52H68Ge/c1-11-13-15-17-33-53(34-18-16-14-12-2,49-37(3)35-47-43(21-19-23-45(47)49)39-25-29-41(30-26-39)51(5,6)7)50-38(4)36-48-44(22-20-24-46(48)50)40-27-31-42(32-28-40)52(8,9)10/h19-32,35-36,49-50H,11-18,33-34H2,1-10H3. The van der Waals surface area contributed by atoms with Gasteiger partial charge in [-0.2, -0.15) is 0 Å². The van der Waals surface area contributed by atoms with E-state index in [-0.39, 0.29) is 10.8 Å². The third kappa shape index (κ3) is 8.15. The molecule has 0 aliphatic heterocycles. The quantitative estimate of drug-likeness (QED) is 0.0886. The van der Waals surface area contributed by atoms with Gasteiger partial charge in [0.2, 0.25) is 0 Å². The Hall–Kier alpha value is -3.10. The zero-order chi connectivity index (χ0) is 38.0. The van der Waals surface area contributed by atoms with Crippen molar-refractivity contribution in [3.8, 4) is 22.3 Å². The van der Waals surface area contributed by atoms with Gasteiger partial charge in [0.15, 0.2) is 0 Å². The normalized spacial score (nSPS) is 17.1. The molecule has 4 aromatic rings. The van der Waals surface area contributed by atoms with Crippen LogP contribution in [0.4, 0.5) is 0 Å². The van der Waals surface area contributed by atoms with E-state index < -0.39 is 13.3 Å². The van der Waals surface area contributed by atoms with E-state index in [2.05, 4.69) is 166 Å². The fourth-order valence-corrected chi connectivity index (χ4v) is 25.3. The van der Waals surface area contributed by atoms with Crippen molar-refractivity contribution in [3.63, 3.8) is 0 Å². The van der Waals surface area contributed by atoms with Crippen molar-refractivity contribution < 1.29 is 0 Å². The van der Waals surface area contributed by atoms with Crippen LogP contribution in [-0.2, 0) is 10.8 Å². The predicted molar refractivity (Wildman–Crippen MR) is 238 cm³/mol. The third-order valence-electron chi connectivity index (χ3n) is 12.8. The first-order chi connectivity index (χ1) is 25.3. The summed E-state index contributed by atoms with van der Waals surface area (Å²) in [6.45, 7) is 23.6. The van der Waals surface area contributed by atoms with Gasteiger partial charge in [-0.15, -0.1) is 0 Å². The van der Waals surface area contributed by atoms with Crippen LogP contribution >= 0.6 is 0 Å². The van der Waals surface area contributed by atoms with Crippen LogP contribution in [0.15, 0.2) is 96.1 Å². The molecule has 0 amide bonds. The Morgan fingerprint density at radius 2 is 0.849 bits per heavy atom. The van der Waals surface area contributed by atoms with Gasteiger partial charge in [0.05, 0.1) is 0 Å². The SMILES string of the molecule is CCCCC[CH2][Ge]([CH2]CCCCC)([CH]1C(C)=Cc2c(-c3ccc(C(C)(C)C)cc3)cccc21)[CH]1C(C)=Cc2c(-c3ccc(C(C)(C)C)cc3)cccc21. The molecule has 2 aliphatic rings. The summed E-state index contributed by atoms with van der Waals surface area (Å²) >= 11 is -2.88. The Morgan fingerprint density at radius 1 is 0.472 bits per heavy atom. The predicted octanol–water partition coefficient (Wildman–Crippen LogP) is 16.0. The minimum absolute atomic E-state index is 0.153. The van der Waals surface area contributed by atoms with Gasteiger partial charge < -0.3 is 0 Å². The van der Waals surface area contributed by atoms with E-state index in [0.29, 0.717) is 9.50 Å². The Morgan fingerprint density at radius 3 is 1.19 bits per heavy atom. The molecule has 0 saturated carbocycles. The van der Waals surface area contributed by atoms with E-state index in [9.17, 15) is 0 Å². The van der Waals surface area contributed by atoms with Crippen LogP contribution in [0.2, 0.25) is 10.5 Å². The van der Waals surface area contributed by atoms with Crippen LogP contribution in [0.1, 0.15) is 163 Å². The summed E-state index contributed by atoms with van der Waals surface area (Å²) in [5, 5.41) is 2.90. The Labute approximate surface area is 327 Å². The summed E-state index contributed by atoms with van der Waals surface area (Å²) < 4.78 is 1.16. The van der Waals surface area contributed by atoms with E-state index in [0.717, 1.165) is 0 Å². The summed E-state index contributed by atoms with van der Waals surface area (Å²) in [6, 6.07) is 33.6. The average molecular weight is 766 g/mol. The molecule has 2 atom stereocenters. The van der Waals surface area contributed by atoms with E-state index in [1.54, 1.807) is 22.3 Å². The van der Waals surface area contributed by atoms with Gasteiger partial charge in [0.25, 0.3) is 0 Å². The van der Waals surface area contributed by atoms with Crippen molar-refractivity contribution in [2.24, 2.45) is 0 Å². The second kappa shape index (κ2) is 16.3. The molecule has 2 unspecified atom stereocenters. The van der Waals surface area contributed by atoms with Crippen LogP contribution in [0.3, 0.4) is 0 Å². The van der Waals surface area contributed by atoms with E-state index in [1.165, 1.54) is 106 Å². The third-order valence-corrected chi connectivity index (χ3v) is 26.3. The van der Waals surface area contributed by atoms with Crippen LogP contribution in [0.5, 0.6) is 0 Å². The molecule has 0 N–H and O–H groups in total. The maximum absolute atomic E-state index is 2.88. The first kappa shape index (κ1) is 39.6. The molecular formula is C52H68Ge. The summed E-state index contributed by atoms with van der Waals surface area (Å²) in [7, 11) is 0. The summed E-state index contributed by atoms with van der Waals surface area (Å²) in [6.07, 6.45) is 16.0. The molecule has 6 rings (SSSR count). The number of rotatable bonds is 14. The van der Waals surface area contributed by atoms with Crippen LogP contribution in [0.25, 0.3) is 34.4 Å². The van der Waals surface area contributed by atoms with Gasteiger partial charge in [0.1, 0.15) is 0 Å². The van der Waals surface area contributed by atoms with Gasteiger partial charge in [-0.1, -0.05) is 0 Å². The van der Waals surface area contributed by atoms with Gasteiger partial charge in [0, 0.05) is 0 Å². The Balaban J connectivity index is 1.50. The molecule has 0 radical (unpaired) electrons. The molecule has 1 heteroatoms. The molecular weight excluding hydrogens is 697 g/mol. The van der Waals surface area contributed by atoms with Crippen LogP contribution in [0, 0.1) is 0 Å². The van der Waals surface area contributed by atoms with Crippen molar-refractivity contribution in [2.75, 3.05) is 0 Å². The van der Waals surface area contributed by atoms with Crippen molar-refractivity contribution in [1.82, 2.24) is 0 Å². The van der Waals surface area contributed by atoms with Gasteiger partial charge >= 0.3 is 329 Å². The fraction of sp³-hybridized carbons (Fsp3) is 0.462. The van der Waals surface area contributed by atoms with Crippen LogP contribution < -0.4 is 0 Å². The molecule has 53 heavy (non-hydrogen) atoms. The minimum atomic E-state index is -2.88. The number of unbranched alkanes of at least 4 members (excludes halogenated alkanes) is 6. The molecule has 0 bridgehead atoms. The molecule has 2 aliphatic carbocycles. The molecule has 280 valence electrons. The summed E-state index contributed by atoms with van der Waals surface area (Å²) in [5.41, 5.74) is 18.2. The second-order valence-electron chi connectivity index (χ2n) is 18.8. The Bertz CT molecular complexity index is 1780. The second-order valence-corrected chi connectivity index (χ2v) is 28.5. The zero-order valence-electron chi connectivity index (χ0n) is 35.0. The first-order valence-electron chi connectivity index (χ1n) is 21.1. The van der Waals surface area contributed by atoms with E-state index >= 15 is 0 Å². The Kier molecular flexibility index (Phi) is 12.2. The fourth-order valence-electron chi connectivity index (χ4n) is 10.1. The van der Waals surface area contributed by atoms with Crippen LogP contribution in [-0.4, -0.2) is 13.3 Å². The van der Waals surface area contributed by atoms with E-state index in [4.69, 9.17) is 0 Å². The summed E-state index contributed by atoms with van der Waals surface area (Å²) in [4.78, 5) is 0. The number of benzene rings is 4. The maximum atomic E-state index is 2.63.